The average Bonchev–Trinajstić information content (AvgIpc) is 3.59. The number of hydrogen-bond acceptors (Lipinski definition) is 10. The number of pyridine rings is 1. The number of carbonyl (C=O) groups is 3. The highest BCUT2D eigenvalue weighted by molar-refractivity contribution is 6.30. The normalized spacial score (nSPS) is 13.1. The van der Waals surface area contributed by atoms with Crippen LogP contribution >= 0.6 is 11.6 Å². The number of esters is 1. The number of amides is 2. The summed E-state index contributed by atoms with van der Waals surface area (Å²) in [6.45, 7) is -0.697. The Bertz CT molecular complexity index is 1920. The van der Waals surface area contributed by atoms with E-state index in [1.165, 1.54) is 31.2 Å². The molecule has 2 atom stereocenters. The smallest absolute Gasteiger partial charge is 0.427 e. The Labute approximate surface area is 282 Å². The number of alkyl halides is 6. The fourth-order valence-corrected chi connectivity index (χ4v) is 4.49. The second kappa shape index (κ2) is 15.1. The summed E-state index contributed by atoms with van der Waals surface area (Å²) in [5.41, 5.74) is 8.33. The summed E-state index contributed by atoms with van der Waals surface area (Å²) in [5, 5.41) is 10.6. The Morgan fingerprint density at radius 3 is 2.34 bits per heavy atom. The molecule has 4 aromatic rings. The maximum Gasteiger partial charge on any atom is 0.427 e. The molecule has 0 unspecified atom stereocenters. The highest BCUT2D eigenvalue weighted by Crippen LogP contribution is 2.33. The third-order valence-electron chi connectivity index (χ3n) is 6.74. The number of carbonyl (C=O) groups excluding carboxylic acids is 3. The maximum atomic E-state index is 14.2. The van der Waals surface area contributed by atoms with Gasteiger partial charge in [-0.25, -0.2) is 19.4 Å². The Hall–Kier alpha value is -5.31. The molecule has 3 heterocycles. The van der Waals surface area contributed by atoms with E-state index in [1.54, 1.807) is 0 Å². The van der Waals surface area contributed by atoms with Gasteiger partial charge in [0.15, 0.2) is 17.5 Å². The molecule has 0 saturated carbocycles. The molecule has 0 aliphatic carbocycles. The van der Waals surface area contributed by atoms with Crippen LogP contribution in [-0.4, -0.2) is 76.7 Å². The number of ether oxygens (including phenoxy) is 1. The number of aromatic nitrogens is 7. The van der Waals surface area contributed by atoms with E-state index in [0.717, 1.165) is 12.3 Å². The SMILES string of the molecule is C[C@H](N)C(=O)NCCCC(=O)O[C@@H](Cn1c(-c2ccc(Cl)cc2)nn(Cc2nc(C(N)=O)n(-c3ncccc3C(F)(F)F)n2)c1=O)C(F)(F)F. The summed E-state index contributed by atoms with van der Waals surface area (Å²) < 4.78 is 89.8. The van der Waals surface area contributed by atoms with Gasteiger partial charge in [0.1, 0.15) is 12.1 Å². The van der Waals surface area contributed by atoms with Crippen molar-refractivity contribution in [3.05, 3.63) is 75.3 Å². The van der Waals surface area contributed by atoms with E-state index in [0.29, 0.717) is 20.0 Å². The quantitative estimate of drug-likeness (QED) is 0.104. The van der Waals surface area contributed by atoms with Gasteiger partial charge in [0.2, 0.25) is 17.8 Å². The van der Waals surface area contributed by atoms with Gasteiger partial charge >= 0.3 is 24.0 Å². The standard InChI is InChI=1S/C28H27ClF6N10O5/c1-14(36)25(48)39-11-3-5-20(46)50-18(28(33,34)35)12-43-22(15-6-8-16(29)9-7-15)42-44(26(43)49)13-19-40-24(21(37)47)45(41-19)23-17(27(30,31)32)4-2-10-38-23/h2,4,6-10,14,18H,3,5,11-13,36H2,1H3,(H2,37,47)(H,39,48)/t14-,18-/m0/s1. The molecule has 0 bridgehead atoms. The van der Waals surface area contributed by atoms with E-state index in [1.807, 2.05) is 0 Å². The minimum absolute atomic E-state index is 0.0712. The van der Waals surface area contributed by atoms with Crippen LogP contribution < -0.4 is 22.5 Å². The van der Waals surface area contributed by atoms with Crippen molar-refractivity contribution in [2.24, 2.45) is 11.5 Å². The molecule has 15 nitrogen and oxygen atoms in total. The summed E-state index contributed by atoms with van der Waals surface area (Å²) in [4.78, 5) is 57.1. The van der Waals surface area contributed by atoms with Crippen molar-refractivity contribution in [2.45, 2.75) is 57.4 Å². The molecule has 0 spiro atoms. The van der Waals surface area contributed by atoms with Gasteiger partial charge in [-0.15, -0.1) is 10.2 Å². The molecule has 1 aromatic carbocycles. The van der Waals surface area contributed by atoms with Crippen molar-refractivity contribution >= 4 is 29.4 Å². The minimum Gasteiger partial charge on any atom is -0.451 e. The largest absolute Gasteiger partial charge is 0.451 e. The Balaban J connectivity index is 1.69. The zero-order valence-corrected chi connectivity index (χ0v) is 26.5. The molecule has 0 radical (unpaired) electrons. The van der Waals surface area contributed by atoms with Gasteiger partial charge in [0.05, 0.1) is 12.6 Å². The first-order valence-electron chi connectivity index (χ1n) is 14.4. The van der Waals surface area contributed by atoms with Crippen LogP contribution in [0.25, 0.3) is 17.2 Å². The first kappa shape index (κ1) is 37.5. The molecule has 22 heteroatoms. The predicted octanol–water partition coefficient (Wildman–Crippen LogP) is 2.22. The molecule has 0 aliphatic heterocycles. The summed E-state index contributed by atoms with van der Waals surface area (Å²) in [6.07, 6.45) is -12.6. The molecule has 3 aromatic heterocycles. The van der Waals surface area contributed by atoms with Gasteiger partial charge < -0.3 is 21.5 Å². The first-order valence-corrected chi connectivity index (χ1v) is 14.8. The zero-order chi connectivity index (χ0) is 37.0. The Morgan fingerprint density at radius 2 is 1.74 bits per heavy atom. The summed E-state index contributed by atoms with van der Waals surface area (Å²) in [7, 11) is 0. The van der Waals surface area contributed by atoms with E-state index in [2.05, 4.69) is 25.5 Å². The van der Waals surface area contributed by atoms with Crippen molar-refractivity contribution in [3.8, 4) is 17.2 Å². The molecule has 0 aliphatic rings. The Morgan fingerprint density at radius 1 is 1.06 bits per heavy atom. The number of halogens is 7. The number of nitrogens with one attached hydrogen (secondary N) is 1. The Kier molecular flexibility index (Phi) is 11.3. The van der Waals surface area contributed by atoms with Crippen molar-refractivity contribution < 1.29 is 45.5 Å². The van der Waals surface area contributed by atoms with E-state index >= 15 is 0 Å². The minimum atomic E-state index is -5.17. The van der Waals surface area contributed by atoms with Gasteiger partial charge in [-0.2, -0.15) is 31.0 Å². The molecule has 5 N–H and O–H groups in total. The van der Waals surface area contributed by atoms with Gasteiger partial charge in [0.25, 0.3) is 5.91 Å². The van der Waals surface area contributed by atoms with Gasteiger partial charge in [-0.3, -0.25) is 19.0 Å². The molecule has 0 fully saturated rings. The van der Waals surface area contributed by atoms with E-state index in [4.69, 9.17) is 27.8 Å². The predicted molar refractivity (Wildman–Crippen MR) is 161 cm³/mol. The van der Waals surface area contributed by atoms with Crippen LogP contribution in [0.15, 0.2) is 47.4 Å². The highest BCUT2D eigenvalue weighted by atomic mass is 35.5. The lowest BCUT2D eigenvalue weighted by Crippen LogP contribution is -2.41. The number of benzene rings is 1. The number of nitrogens with zero attached hydrogens (tertiary/aromatic N) is 7. The van der Waals surface area contributed by atoms with E-state index in [-0.39, 0.29) is 29.4 Å². The summed E-state index contributed by atoms with van der Waals surface area (Å²) in [5.74, 6) is -5.62. The third kappa shape index (κ3) is 9.02. The van der Waals surface area contributed by atoms with Crippen LogP contribution in [-0.2, 0) is 33.6 Å². The number of primary amides is 1. The molecular formula is C28H27ClF6N10O5. The molecule has 50 heavy (non-hydrogen) atoms. The lowest BCUT2D eigenvalue weighted by atomic mass is 10.2. The molecule has 268 valence electrons. The molecule has 2 amide bonds. The second-order valence-electron chi connectivity index (χ2n) is 10.6. The van der Waals surface area contributed by atoms with Gasteiger partial charge in [0, 0.05) is 29.7 Å². The third-order valence-corrected chi connectivity index (χ3v) is 6.99. The van der Waals surface area contributed by atoms with Crippen LogP contribution in [0, 0.1) is 0 Å². The van der Waals surface area contributed by atoms with E-state index < -0.39 is 90.5 Å². The second-order valence-corrected chi connectivity index (χ2v) is 11.0. The monoisotopic (exact) mass is 732 g/mol. The van der Waals surface area contributed by atoms with Crippen molar-refractivity contribution in [1.82, 2.24) is 39.4 Å². The average molecular weight is 733 g/mol. The number of nitrogens with two attached hydrogens (primary N) is 2. The highest BCUT2D eigenvalue weighted by Gasteiger charge is 2.44. The lowest BCUT2D eigenvalue weighted by Gasteiger charge is -2.21. The fourth-order valence-electron chi connectivity index (χ4n) is 4.37. The van der Waals surface area contributed by atoms with Crippen LogP contribution in [0.3, 0.4) is 0 Å². The van der Waals surface area contributed by atoms with Crippen molar-refractivity contribution in [1.29, 1.82) is 0 Å². The zero-order valence-electron chi connectivity index (χ0n) is 25.7. The molecule has 0 saturated heterocycles. The van der Waals surface area contributed by atoms with Crippen LogP contribution in [0.5, 0.6) is 0 Å². The van der Waals surface area contributed by atoms with Crippen LogP contribution in [0.4, 0.5) is 26.3 Å². The lowest BCUT2D eigenvalue weighted by molar-refractivity contribution is -0.224. The topological polar surface area (TPSA) is 208 Å². The number of hydrogen-bond donors (Lipinski definition) is 3. The summed E-state index contributed by atoms with van der Waals surface area (Å²) in [6, 6.07) is 6.23. The van der Waals surface area contributed by atoms with E-state index in [9.17, 15) is 45.5 Å². The van der Waals surface area contributed by atoms with Crippen molar-refractivity contribution in [2.75, 3.05) is 6.54 Å². The van der Waals surface area contributed by atoms with Crippen LogP contribution in [0.1, 0.15) is 41.8 Å². The first-order chi connectivity index (χ1) is 23.4. The van der Waals surface area contributed by atoms with Crippen LogP contribution in [0.2, 0.25) is 5.02 Å². The van der Waals surface area contributed by atoms with Crippen molar-refractivity contribution in [3.63, 3.8) is 0 Å². The van der Waals surface area contributed by atoms with Gasteiger partial charge in [-0.05, 0) is 49.7 Å². The molecule has 4 rings (SSSR count). The number of rotatable bonds is 13. The van der Waals surface area contributed by atoms with Gasteiger partial charge in [-0.1, -0.05) is 11.6 Å². The maximum absolute atomic E-state index is 14.2. The fraction of sp³-hybridized carbons (Fsp3) is 0.357. The summed E-state index contributed by atoms with van der Waals surface area (Å²) >= 11 is 5.94. The molecular weight excluding hydrogens is 706 g/mol.